The van der Waals surface area contributed by atoms with E-state index in [0.717, 1.165) is 30.4 Å². The van der Waals surface area contributed by atoms with Crippen molar-refractivity contribution < 1.29 is 4.39 Å². The molecule has 17 heavy (non-hydrogen) atoms. The van der Waals surface area contributed by atoms with Gasteiger partial charge in [0, 0.05) is 17.4 Å². The maximum absolute atomic E-state index is 13.7. The first-order chi connectivity index (χ1) is 8.18. The molecule has 0 saturated carbocycles. The molecule has 92 valence electrons. The molecule has 0 radical (unpaired) electrons. The topological polar surface area (TPSA) is 31.1 Å². The van der Waals surface area contributed by atoms with Crippen LogP contribution in [-0.4, -0.2) is 37.1 Å². The summed E-state index contributed by atoms with van der Waals surface area (Å²) >= 11 is 0. The summed E-state index contributed by atoms with van der Waals surface area (Å²) in [7, 11) is 4.07. The Bertz CT molecular complexity index is 490. The number of aromatic amines is 1. The van der Waals surface area contributed by atoms with Gasteiger partial charge in [-0.25, -0.2) is 0 Å². The van der Waals surface area contributed by atoms with E-state index in [4.69, 9.17) is 0 Å². The summed E-state index contributed by atoms with van der Waals surface area (Å²) < 4.78 is 13.7. The monoisotopic (exact) mass is 235 g/mol. The fourth-order valence-corrected chi connectivity index (χ4v) is 1.89. The number of benzene rings is 1. The summed E-state index contributed by atoms with van der Waals surface area (Å²) in [6, 6.07) is 7.61. The van der Waals surface area contributed by atoms with E-state index >= 15 is 0 Å². The number of para-hydroxylation sites is 1. The molecule has 0 spiro atoms. The lowest BCUT2D eigenvalue weighted by Crippen LogP contribution is -2.16. The van der Waals surface area contributed by atoms with Crippen LogP contribution in [0.3, 0.4) is 0 Å². The molecule has 3 nitrogen and oxygen atoms in total. The van der Waals surface area contributed by atoms with Crippen molar-refractivity contribution in [3.63, 3.8) is 0 Å². The summed E-state index contributed by atoms with van der Waals surface area (Å²) in [6.45, 7) is 1.77. The number of hydrogen-bond acceptors (Lipinski definition) is 2. The summed E-state index contributed by atoms with van der Waals surface area (Å²) in [5.41, 5.74) is 1.42. The molecular formula is C13H18FN3. The van der Waals surface area contributed by atoms with Crippen LogP contribution < -0.4 is 5.32 Å². The highest BCUT2D eigenvalue weighted by Crippen LogP contribution is 2.25. The van der Waals surface area contributed by atoms with E-state index < -0.39 is 0 Å². The van der Waals surface area contributed by atoms with Gasteiger partial charge in [0.25, 0.3) is 0 Å². The molecule has 0 aliphatic rings. The largest absolute Gasteiger partial charge is 0.381 e. The average Bonchev–Trinajstić information content (AvgIpc) is 2.60. The number of rotatable bonds is 5. The van der Waals surface area contributed by atoms with Gasteiger partial charge in [-0.2, -0.15) is 4.39 Å². The fraction of sp³-hybridized carbons (Fsp3) is 0.385. The fourth-order valence-electron chi connectivity index (χ4n) is 1.89. The normalized spacial score (nSPS) is 11.3. The Kier molecular flexibility index (Phi) is 3.64. The van der Waals surface area contributed by atoms with E-state index in [1.165, 1.54) is 0 Å². The maximum atomic E-state index is 13.7. The van der Waals surface area contributed by atoms with Gasteiger partial charge in [-0.15, -0.1) is 0 Å². The van der Waals surface area contributed by atoms with Gasteiger partial charge in [-0.05, 0) is 33.1 Å². The van der Waals surface area contributed by atoms with Crippen molar-refractivity contribution in [2.24, 2.45) is 0 Å². The van der Waals surface area contributed by atoms with E-state index in [1.54, 1.807) is 0 Å². The van der Waals surface area contributed by atoms with Crippen molar-refractivity contribution in [1.82, 2.24) is 9.88 Å². The SMILES string of the molecule is CN(C)CCCNc1c(F)[nH]c2ccccc12. The Morgan fingerprint density at radius 1 is 1.29 bits per heavy atom. The van der Waals surface area contributed by atoms with Crippen molar-refractivity contribution in [3.05, 3.63) is 30.2 Å². The second-order valence-electron chi connectivity index (χ2n) is 4.44. The van der Waals surface area contributed by atoms with E-state index in [1.807, 2.05) is 38.4 Å². The quantitative estimate of drug-likeness (QED) is 0.781. The van der Waals surface area contributed by atoms with E-state index in [-0.39, 0.29) is 5.95 Å². The van der Waals surface area contributed by atoms with Gasteiger partial charge in [0.2, 0.25) is 5.95 Å². The molecule has 0 aliphatic heterocycles. The van der Waals surface area contributed by atoms with Crippen LogP contribution in [0, 0.1) is 5.95 Å². The Hall–Kier alpha value is -1.55. The lowest BCUT2D eigenvalue weighted by molar-refractivity contribution is 0.405. The van der Waals surface area contributed by atoms with Crippen molar-refractivity contribution in [1.29, 1.82) is 0 Å². The Labute approximate surface area is 101 Å². The van der Waals surface area contributed by atoms with E-state index in [9.17, 15) is 4.39 Å². The first kappa shape index (κ1) is 11.9. The second-order valence-corrected chi connectivity index (χ2v) is 4.44. The van der Waals surface area contributed by atoms with Crippen LogP contribution in [0.15, 0.2) is 24.3 Å². The minimum atomic E-state index is -0.281. The number of aromatic nitrogens is 1. The molecular weight excluding hydrogens is 217 g/mol. The predicted molar refractivity (Wildman–Crippen MR) is 69.9 cm³/mol. The van der Waals surface area contributed by atoms with Gasteiger partial charge in [-0.3, -0.25) is 0 Å². The second kappa shape index (κ2) is 5.19. The molecule has 2 rings (SSSR count). The lowest BCUT2D eigenvalue weighted by atomic mass is 10.2. The molecule has 0 aliphatic carbocycles. The number of anilines is 1. The third kappa shape index (κ3) is 2.77. The van der Waals surface area contributed by atoms with Crippen LogP contribution in [0.25, 0.3) is 10.9 Å². The average molecular weight is 235 g/mol. The van der Waals surface area contributed by atoms with Gasteiger partial charge >= 0.3 is 0 Å². The van der Waals surface area contributed by atoms with Crippen LogP contribution >= 0.6 is 0 Å². The highest BCUT2D eigenvalue weighted by Gasteiger charge is 2.09. The molecule has 2 aromatic rings. The van der Waals surface area contributed by atoms with Crippen LogP contribution in [0.4, 0.5) is 10.1 Å². The van der Waals surface area contributed by atoms with Crippen molar-refractivity contribution in [2.75, 3.05) is 32.5 Å². The zero-order valence-electron chi connectivity index (χ0n) is 10.3. The zero-order chi connectivity index (χ0) is 12.3. The molecule has 0 unspecified atom stereocenters. The molecule has 1 aromatic heterocycles. The molecule has 0 atom stereocenters. The highest BCUT2D eigenvalue weighted by atomic mass is 19.1. The third-order valence-electron chi connectivity index (χ3n) is 2.74. The Balaban J connectivity index is 2.05. The number of hydrogen-bond donors (Lipinski definition) is 2. The maximum Gasteiger partial charge on any atom is 0.215 e. The van der Waals surface area contributed by atoms with Gasteiger partial charge in [0.1, 0.15) is 0 Å². The van der Waals surface area contributed by atoms with Gasteiger partial charge in [-0.1, -0.05) is 18.2 Å². The summed E-state index contributed by atoms with van der Waals surface area (Å²) in [5.74, 6) is -0.281. The van der Waals surface area contributed by atoms with E-state index in [2.05, 4.69) is 15.2 Å². The molecule has 0 fully saturated rings. The molecule has 1 heterocycles. The first-order valence-corrected chi connectivity index (χ1v) is 5.83. The summed E-state index contributed by atoms with van der Waals surface area (Å²) in [6.07, 6.45) is 0.992. The number of nitrogens with zero attached hydrogens (tertiary/aromatic N) is 1. The zero-order valence-corrected chi connectivity index (χ0v) is 10.3. The lowest BCUT2D eigenvalue weighted by Gasteiger charge is -2.10. The Morgan fingerprint density at radius 3 is 2.82 bits per heavy atom. The minimum absolute atomic E-state index is 0.281. The van der Waals surface area contributed by atoms with E-state index in [0.29, 0.717) is 5.69 Å². The van der Waals surface area contributed by atoms with Crippen molar-refractivity contribution in [3.8, 4) is 0 Å². The third-order valence-corrected chi connectivity index (χ3v) is 2.74. The van der Waals surface area contributed by atoms with Gasteiger partial charge in [0.15, 0.2) is 0 Å². The standard InChI is InChI=1S/C13H18FN3/c1-17(2)9-5-8-15-12-10-6-3-4-7-11(10)16-13(12)14/h3-4,6-7,15-16H,5,8-9H2,1-2H3. The Morgan fingerprint density at radius 2 is 2.06 bits per heavy atom. The number of nitrogens with one attached hydrogen (secondary N) is 2. The number of fused-ring (bicyclic) bond motifs is 1. The summed E-state index contributed by atoms with van der Waals surface area (Å²) in [5, 5.41) is 4.07. The molecule has 0 amide bonds. The molecule has 1 aromatic carbocycles. The smallest absolute Gasteiger partial charge is 0.215 e. The molecule has 2 N–H and O–H groups in total. The van der Waals surface area contributed by atoms with Gasteiger partial charge < -0.3 is 15.2 Å². The first-order valence-electron chi connectivity index (χ1n) is 5.83. The number of H-pyrrole nitrogens is 1. The van der Waals surface area contributed by atoms with Crippen molar-refractivity contribution in [2.45, 2.75) is 6.42 Å². The van der Waals surface area contributed by atoms with Crippen molar-refractivity contribution >= 4 is 16.6 Å². The molecule has 4 heteroatoms. The number of halogens is 1. The van der Waals surface area contributed by atoms with Gasteiger partial charge in [0.05, 0.1) is 5.69 Å². The van der Waals surface area contributed by atoms with Crippen LogP contribution in [0.2, 0.25) is 0 Å². The van der Waals surface area contributed by atoms with Crippen LogP contribution in [0.1, 0.15) is 6.42 Å². The van der Waals surface area contributed by atoms with Crippen LogP contribution in [0.5, 0.6) is 0 Å². The molecule has 0 bridgehead atoms. The molecule has 0 saturated heterocycles. The minimum Gasteiger partial charge on any atom is -0.381 e. The highest BCUT2D eigenvalue weighted by molar-refractivity contribution is 5.92. The van der Waals surface area contributed by atoms with Crippen LogP contribution in [-0.2, 0) is 0 Å². The predicted octanol–water partition coefficient (Wildman–Crippen LogP) is 2.67. The summed E-state index contributed by atoms with van der Waals surface area (Å²) in [4.78, 5) is 4.86.